The summed E-state index contributed by atoms with van der Waals surface area (Å²) in [6.45, 7) is 4.21. The molecule has 12 rings (SSSR count). The van der Waals surface area contributed by atoms with Crippen LogP contribution in [0.1, 0.15) is 49.9 Å². The van der Waals surface area contributed by atoms with Crippen molar-refractivity contribution in [3.05, 3.63) is 281 Å². The number of nitrogens with zero attached hydrogens (tertiary/aromatic N) is 8. The minimum Gasteiger partial charge on any atom is -0.497 e. The Morgan fingerprint density at radius 1 is 0.308 bits per heavy atom. The minimum atomic E-state index is -0.989. The normalized spacial score (nSPS) is 10.4. The SMILES string of the molecule is COc1ccc(OC)c(CN(C(C)=O)c2ccc([18F])nc2Oc2ccc(Cl)cc2)c1.COc1ccc(OC)c(CN(C(C)=O)c2ccc([18F])nc2Oc2ccccc2)c1.COc1ccc(OC[18F])c(CN(C(C)=O)c2cccnc2Oc2ccc(Cl)cc2)c1.COc1ccc(Oc2ncccc2N(Cc2cc(OC)ccc2OC[18F])C(C)=O)cc1. The fourth-order valence-electron chi connectivity index (χ4n) is 11.5. The van der Waals surface area contributed by atoms with Gasteiger partial charge in [0.1, 0.15) is 97.5 Å². The summed E-state index contributed by atoms with van der Waals surface area (Å²) >= 11 is 11.8. The Morgan fingerprint density at radius 2 is 0.583 bits per heavy atom. The summed E-state index contributed by atoms with van der Waals surface area (Å²) in [7, 11) is 10.8. The van der Waals surface area contributed by atoms with Crippen molar-refractivity contribution in [3.8, 4) is 98.3 Å². The molecule has 0 bridgehead atoms. The zero-order valence-corrected chi connectivity index (χ0v) is 68.6. The van der Waals surface area contributed by atoms with Gasteiger partial charge in [-0.3, -0.25) is 19.2 Å². The van der Waals surface area contributed by atoms with Crippen LogP contribution in [0.3, 0.4) is 0 Å². The number of hydrogen-bond acceptors (Lipinski definition) is 21. The highest BCUT2D eigenvalue weighted by Crippen LogP contribution is 2.40. The fraction of sp³-hybridized carbons (Fsp3) is 0.191. The van der Waals surface area contributed by atoms with Crippen molar-refractivity contribution < 1.29 is 98.3 Å². The van der Waals surface area contributed by atoms with Gasteiger partial charge in [-0.25, -0.2) is 18.7 Å². The molecule has 4 aromatic heterocycles. The smallest absolute Gasteiger partial charge is 0.246 e. The van der Waals surface area contributed by atoms with Crippen LogP contribution in [0.25, 0.3) is 0 Å². The number of alkyl halides is 2. The maximum atomic E-state index is 13.9. The molecule has 0 saturated heterocycles. The van der Waals surface area contributed by atoms with Gasteiger partial charge in [-0.05, 0) is 206 Å². The second kappa shape index (κ2) is 44.9. The van der Waals surface area contributed by atoms with Crippen molar-refractivity contribution in [2.45, 2.75) is 53.9 Å². The monoisotopic (exact) mass is 1680 g/mol. The highest BCUT2D eigenvalue weighted by Gasteiger charge is 2.27. The molecule has 624 valence electrons. The number of ether oxygens (including phenoxy) is 13. The average molecular weight is 1680 g/mol. The molecule has 0 saturated carbocycles. The van der Waals surface area contributed by atoms with Crippen LogP contribution in [-0.2, 0) is 45.4 Å². The first-order valence-electron chi connectivity index (χ1n) is 36.4. The van der Waals surface area contributed by atoms with Gasteiger partial charge in [-0.1, -0.05) is 41.4 Å². The molecule has 12 aromatic rings. The maximum absolute atomic E-state index is 13.9. The number of carbonyl (C=O) groups is 4. The van der Waals surface area contributed by atoms with Gasteiger partial charge in [-0.2, -0.15) is 18.7 Å². The Balaban J connectivity index is 0.000000182. The van der Waals surface area contributed by atoms with E-state index in [0.717, 1.165) is 5.56 Å². The third kappa shape index (κ3) is 25.5. The number of pyridine rings is 4. The van der Waals surface area contributed by atoms with E-state index in [1.54, 1.807) is 235 Å². The van der Waals surface area contributed by atoms with Gasteiger partial charge in [0.2, 0.25) is 72.8 Å². The highest BCUT2D eigenvalue weighted by molar-refractivity contribution is 6.30. The number of anilines is 4. The first-order chi connectivity index (χ1) is 58.0. The van der Waals surface area contributed by atoms with Crippen LogP contribution in [-0.4, -0.2) is 107 Å². The Kier molecular flexibility index (Phi) is 33.6. The molecule has 31 heteroatoms. The zero-order valence-electron chi connectivity index (χ0n) is 67.0. The number of carbonyl (C=O) groups excluding carboxylic acids is 4. The number of benzene rings is 8. The van der Waals surface area contributed by atoms with E-state index in [-0.39, 0.29) is 73.3 Å². The second-order valence-corrected chi connectivity index (χ2v) is 26.0. The van der Waals surface area contributed by atoms with Crippen molar-refractivity contribution in [1.29, 1.82) is 0 Å². The van der Waals surface area contributed by atoms with E-state index < -0.39 is 25.6 Å². The first kappa shape index (κ1) is 89.9. The summed E-state index contributed by atoms with van der Waals surface area (Å²) in [6, 6.07) is 61.8. The lowest BCUT2D eigenvalue weighted by molar-refractivity contribution is -0.117. The number of rotatable bonds is 31. The molecule has 4 heterocycles. The topological polar surface area (TPSA) is 253 Å². The van der Waals surface area contributed by atoms with E-state index in [9.17, 15) is 36.7 Å². The van der Waals surface area contributed by atoms with Gasteiger partial charge < -0.3 is 81.2 Å². The lowest BCUT2D eigenvalue weighted by Crippen LogP contribution is -2.28. The summed E-state index contributed by atoms with van der Waals surface area (Å²) in [6.07, 6.45) is 3.14. The van der Waals surface area contributed by atoms with Crippen LogP contribution in [0.2, 0.25) is 10.0 Å². The van der Waals surface area contributed by atoms with Gasteiger partial charge in [0.15, 0.2) is 0 Å². The van der Waals surface area contributed by atoms with Crippen molar-refractivity contribution in [3.63, 3.8) is 0 Å². The number of halogens is 6. The molecular formula is C89H84Cl2F4N8O17. The van der Waals surface area contributed by atoms with Crippen LogP contribution in [0.15, 0.2) is 237 Å². The molecule has 25 nitrogen and oxygen atoms in total. The number of methoxy groups -OCH3 is 7. The molecule has 0 fully saturated rings. The Bertz CT molecular complexity index is 5410. The zero-order chi connectivity index (χ0) is 86.2. The molecule has 8 aromatic carbocycles. The Morgan fingerprint density at radius 3 is 0.892 bits per heavy atom. The van der Waals surface area contributed by atoms with Gasteiger partial charge in [0.05, 0.1) is 75.9 Å². The van der Waals surface area contributed by atoms with E-state index in [2.05, 4.69) is 19.9 Å². The standard InChI is InChI=1S/C23H23FN2O5.2C22H20ClFN2O4.C22H21FN2O4/c1-16(27)26(14-17-13-20(29-3)10-11-22(17)30-15-24)21-5-4-12-25-23(21)31-19-8-6-18(28-2)7-9-19;1-14(27)26(13-15-12-18(28-2)8-10-20(15)29-3)19-9-11-21(24)25-22(19)30-17-6-4-16(23)5-7-17;1-15(27)26(13-16-12-19(28-2)9-10-21(16)29-14-24)20-4-3-11-25-22(20)30-18-7-5-17(23)6-8-18;1-15(26)25(14-16-13-18(27-2)9-11-20(16)28-3)19-10-12-21(23)24-22(19)29-17-7-5-4-6-8-17/h4-13H,14-15H2,1-3H3;4-12H,13H2,1-3H3;3-12H,13-14H2,1-2H3;4-13H,14H2,1-3H3/i3*24-1;23-1. The minimum absolute atomic E-state index is 0.00624. The fourth-order valence-corrected chi connectivity index (χ4v) is 11.7. The summed E-state index contributed by atoms with van der Waals surface area (Å²) < 4.78 is 124. The van der Waals surface area contributed by atoms with Gasteiger partial charge in [0, 0.05) is 72.4 Å². The van der Waals surface area contributed by atoms with E-state index >= 15 is 0 Å². The summed E-state index contributed by atoms with van der Waals surface area (Å²) in [5, 5.41) is 1.11. The molecule has 0 spiro atoms. The Hall–Kier alpha value is -14.1. The quantitative estimate of drug-likeness (QED) is 0.0289. The molecule has 0 atom stereocenters. The first-order valence-corrected chi connectivity index (χ1v) is 37.2. The number of hydrogen-bond donors (Lipinski definition) is 0. The molecule has 120 heavy (non-hydrogen) atoms. The predicted octanol–water partition coefficient (Wildman–Crippen LogP) is 20.0. The lowest BCUT2D eigenvalue weighted by Gasteiger charge is -2.24. The van der Waals surface area contributed by atoms with Crippen LogP contribution in [0.4, 0.5) is 40.3 Å². The number of para-hydroxylation sites is 1. The van der Waals surface area contributed by atoms with E-state index in [4.69, 9.17) is 84.8 Å². The van der Waals surface area contributed by atoms with Crippen LogP contribution in [0, 0.1) is 11.9 Å². The lowest BCUT2D eigenvalue weighted by atomic mass is 10.1. The van der Waals surface area contributed by atoms with Crippen molar-refractivity contribution >= 4 is 69.6 Å². The molecule has 0 N–H and O–H groups in total. The van der Waals surface area contributed by atoms with Gasteiger partial charge in [-0.15, -0.1) is 0 Å². The van der Waals surface area contributed by atoms with Crippen molar-refractivity contribution in [1.82, 2.24) is 19.9 Å². The molecule has 0 aliphatic carbocycles. The summed E-state index contributed by atoms with van der Waals surface area (Å²) in [5.74, 6) is 4.75. The van der Waals surface area contributed by atoms with Crippen LogP contribution in [0.5, 0.6) is 98.3 Å². The molecule has 0 unspecified atom stereocenters. The largest absolute Gasteiger partial charge is 0.497 e. The van der Waals surface area contributed by atoms with Crippen molar-refractivity contribution in [2.75, 3.05) is 83.1 Å². The molecule has 0 aliphatic heterocycles. The van der Waals surface area contributed by atoms with E-state index in [0.29, 0.717) is 124 Å². The molecule has 4 amide bonds. The van der Waals surface area contributed by atoms with Gasteiger partial charge in [0.25, 0.3) is 0 Å². The predicted molar refractivity (Wildman–Crippen MR) is 445 cm³/mol. The Labute approximate surface area is 700 Å². The summed E-state index contributed by atoms with van der Waals surface area (Å²) in [5.41, 5.74) is 4.13. The summed E-state index contributed by atoms with van der Waals surface area (Å²) in [4.78, 5) is 72.1. The molecular weight excluding hydrogens is 1600 g/mol. The molecule has 0 radical (unpaired) electrons. The number of aromatic nitrogens is 4. The van der Waals surface area contributed by atoms with E-state index in [1.807, 2.05) is 6.07 Å². The van der Waals surface area contributed by atoms with Gasteiger partial charge >= 0.3 is 0 Å². The van der Waals surface area contributed by atoms with Crippen LogP contribution < -0.4 is 81.2 Å². The number of amides is 4. The third-order valence-corrected chi connectivity index (χ3v) is 17.8. The second-order valence-electron chi connectivity index (χ2n) is 25.1. The molecule has 0 aliphatic rings. The van der Waals surface area contributed by atoms with E-state index in [1.165, 1.54) is 92.9 Å². The third-order valence-electron chi connectivity index (χ3n) is 17.3. The maximum Gasteiger partial charge on any atom is 0.246 e. The average Bonchev–Trinajstić information content (AvgIpc) is 0.818. The highest BCUT2D eigenvalue weighted by atomic mass is 35.5. The van der Waals surface area contributed by atoms with Crippen molar-refractivity contribution in [2.24, 2.45) is 0 Å². The van der Waals surface area contributed by atoms with Crippen LogP contribution >= 0.6 is 23.2 Å².